The fraction of sp³-hybridized carbons (Fsp3) is 0.391. The van der Waals surface area contributed by atoms with Gasteiger partial charge in [0.2, 0.25) is 5.91 Å². The zero-order chi connectivity index (χ0) is 21.6. The van der Waals surface area contributed by atoms with Crippen molar-refractivity contribution in [2.75, 3.05) is 51.2 Å². The van der Waals surface area contributed by atoms with Crippen LogP contribution in [0, 0.1) is 5.82 Å². The largest absolute Gasteiger partial charge is 0.493 e. The van der Waals surface area contributed by atoms with Gasteiger partial charge in [-0.2, -0.15) is 0 Å². The van der Waals surface area contributed by atoms with Crippen molar-refractivity contribution in [3.05, 3.63) is 59.4 Å². The molecule has 0 saturated carbocycles. The highest BCUT2D eigenvalue weighted by molar-refractivity contribution is 5.94. The first-order chi connectivity index (χ1) is 15.0. The Morgan fingerprint density at radius 2 is 1.71 bits per heavy atom. The number of carbonyl (C=O) groups is 2. The van der Waals surface area contributed by atoms with E-state index in [2.05, 4.69) is 28.8 Å². The quantitative estimate of drug-likeness (QED) is 0.448. The normalized spacial score (nSPS) is 19.9. The molecule has 2 aliphatic heterocycles. The van der Waals surface area contributed by atoms with E-state index in [9.17, 15) is 14.0 Å². The number of halogens is 1. The Morgan fingerprint density at radius 3 is 2.48 bits per heavy atom. The summed E-state index contributed by atoms with van der Waals surface area (Å²) < 4.78 is 18.5. The number of rotatable bonds is 7. The molecular weight excluding hydrogens is 399 g/mol. The Balaban J connectivity index is 1.14. The molecule has 0 aliphatic carbocycles. The van der Waals surface area contributed by atoms with Crippen LogP contribution in [0.2, 0.25) is 0 Å². The molecule has 1 fully saturated rings. The first-order valence-corrected chi connectivity index (χ1v) is 10.8. The number of hydrogen-bond acceptors (Lipinski definition) is 3. The van der Waals surface area contributed by atoms with Gasteiger partial charge in [-0.15, -0.1) is 0 Å². The third kappa shape index (κ3) is 6.02. The third-order valence-corrected chi connectivity index (χ3v) is 5.86. The number of hydrogen-bond donors (Lipinski definition) is 4. The van der Waals surface area contributed by atoms with Gasteiger partial charge in [0.1, 0.15) is 44.3 Å². The smallest absolute Gasteiger partial charge is 0.275 e. The van der Waals surface area contributed by atoms with Gasteiger partial charge in [0.25, 0.3) is 5.91 Å². The minimum Gasteiger partial charge on any atom is -0.493 e. The molecule has 4 rings (SSSR count). The van der Waals surface area contributed by atoms with E-state index < -0.39 is 0 Å². The first-order valence-electron chi connectivity index (χ1n) is 10.8. The second-order valence-corrected chi connectivity index (χ2v) is 8.23. The first kappa shape index (κ1) is 21.3. The van der Waals surface area contributed by atoms with E-state index in [1.807, 2.05) is 0 Å². The second kappa shape index (κ2) is 9.89. The molecule has 2 aliphatic rings. The molecule has 8 heteroatoms. The summed E-state index contributed by atoms with van der Waals surface area (Å²) in [5, 5.41) is 5.31. The van der Waals surface area contributed by atoms with Gasteiger partial charge in [-0.3, -0.25) is 9.59 Å². The number of carbonyl (C=O) groups excluding carboxylic acids is 2. The minimum atomic E-state index is -0.363. The van der Waals surface area contributed by atoms with E-state index >= 15 is 0 Å². The van der Waals surface area contributed by atoms with E-state index in [0.717, 1.165) is 51.5 Å². The number of ether oxygens (including phenoxy) is 1. The predicted molar refractivity (Wildman–Crippen MR) is 114 cm³/mol. The number of piperazine rings is 1. The van der Waals surface area contributed by atoms with Crippen LogP contribution in [0.1, 0.15) is 11.1 Å². The zero-order valence-electron chi connectivity index (χ0n) is 17.5. The van der Waals surface area contributed by atoms with Crippen molar-refractivity contribution in [3.63, 3.8) is 0 Å². The number of fused-ring (bicyclic) bond motifs is 1. The van der Waals surface area contributed by atoms with E-state index in [4.69, 9.17) is 4.74 Å². The molecule has 0 atom stereocenters. The van der Waals surface area contributed by atoms with Gasteiger partial charge >= 0.3 is 0 Å². The number of anilines is 1. The highest BCUT2D eigenvalue weighted by Crippen LogP contribution is 2.25. The van der Waals surface area contributed by atoms with Crippen molar-refractivity contribution in [1.82, 2.24) is 5.32 Å². The van der Waals surface area contributed by atoms with Crippen LogP contribution in [-0.4, -0.2) is 57.7 Å². The van der Waals surface area contributed by atoms with Crippen LogP contribution >= 0.6 is 0 Å². The fourth-order valence-corrected chi connectivity index (χ4v) is 4.16. The topological polar surface area (TPSA) is 76.3 Å². The summed E-state index contributed by atoms with van der Waals surface area (Å²) in [6, 6.07) is 12.0. The summed E-state index contributed by atoms with van der Waals surface area (Å²) in [5.41, 5.74) is 3.15. The molecule has 2 aromatic rings. The van der Waals surface area contributed by atoms with Crippen LogP contribution in [0.15, 0.2) is 42.5 Å². The maximum atomic E-state index is 12.9. The standard InChI is InChI=1S/C23H27FN4O3/c24-19-2-4-20(5-3-19)26-22(29)14-25-23(30)16-28-10-8-27(9-11-28)15-17-1-6-21-18(13-17)7-12-31-21/h1-6,13H,7-12,14-16H2,(H,25,30)(H,26,29)/p+2. The van der Waals surface area contributed by atoms with E-state index in [1.54, 1.807) is 0 Å². The van der Waals surface area contributed by atoms with E-state index in [0.29, 0.717) is 12.2 Å². The number of quaternary nitrogens is 2. The maximum absolute atomic E-state index is 12.9. The maximum Gasteiger partial charge on any atom is 0.275 e. The molecule has 2 heterocycles. The monoisotopic (exact) mass is 428 g/mol. The average Bonchev–Trinajstić information content (AvgIpc) is 3.23. The highest BCUT2D eigenvalue weighted by Gasteiger charge is 2.25. The van der Waals surface area contributed by atoms with Gasteiger partial charge in [0.15, 0.2) is 6.54 Å². The Hall–Kier alpha value is -2.97. The summed E-state index contributed by atoms with van der Waals surface area (Å²) in [5.74, 6) is 0.193. The Kier molecular flexibility index (Phi) is 6.79. The summed E-state index contributed by atoms with van der Waals surface area (Å²) in [6.45, 7) is 5.94. The molecule has 0 unspecified atom stereocenters. The second-order valence-electron chi connectivity index (χ2n) is 8.23. The van der Waals surface area contributed by atoms with Crippen molar-refractivity contribution in [1.29, 1.82) is 0 Å². The van der Waals surface area contributed by atoms with E-state index in [1.165, 1.54) is 45.2 Å². The molecule has 2 amide bonds. The average molecular weight is 429 g/mol. The molecule has 7 nitrogen and oxygen atoms in total. The third-order valence-electron chi connectivity index (χ3n) is 5.86. The van der Waals surface area contributed by atoms with Crippen molar-refractivity contribution in [2.45, 2.75) is 13.0 Å². The minimum absolute atomic E-state index is 0.0943. The van der Waals surface area contributed by atoms with Gasteiger partial charge < -0.3 is 25.2 Å². The zero-order valence-corrected chi connectivity index (χ0v) is 17.5. The molecule has 2 aromatic carbocycles. The van der Waals surface area contributed by atoms with Crippen LogP contribution < -0.4 is 25.2 Å². The summed E-state index contributed by atoms with van der Waals surface area (Å²) in [7, 11) is 0. The van der Waals surface area contributed by atoms with Crippen molar-refractivity contribution in [2.24, 2.45) is 0 Å². The van der Waals surface area contributed by atoms with Crippen LogP contribution in [-0.2, 0) is 22.6 Å². The molecule has 1 saturated heterocycles. The van der Waals surface area contributed by atoms with Gasteiger partial charge in [-0.1, -0.05) is 0 Å². The molecule has 0 spiro atoms. The lowest BCUT2D eigenvalue weighted by Gasteiger charge is -2.29. The van der Waals surface area contributed by atoms with E-state index in [-0.39, 0.29) is 24.2 Å². The Bertz CT molecular complexity index is 927. The molecule has 0 bridgehead atoms. The summed E-state index contributed by atoms with van der Waals surface area (Å²) in [4.78, 5) is 26.9. The van der Waals surface area contributed by atoms with Crippen LogP contribution in [0.4, 0.5) is 10.1 Å². The van der Waals surface area contributed by atoms with Crippen molar-refractivity contribution in [3.8, 4) is 5.75 Å². The lowest BCUT2D eigenvalue weighted by molar-refractivity contribution is -1.02. The Labute approximate surface area is 181 Å². The van der Waals surface area contributed by atoms with Crippen molar-refractivity contribution < 1.29 is 28.5 Å². The number of nitrogens with one attached hydrogen (secondary N) is 4. The lowest BCUT2D eigenvalue weighted by atomic mass is 10.1. The van der Waals surface area contributed by atoms with Crippen LogP contribution in [0.25, 0.3) is 0 Å². The Morgan fingerprint density at radius 1 is 0.968 bits per heavy atom. The summed E-state index contributed by atoms with van der Waals surface area (Å²) >= 11 is 0. The van der Waals surface area contributed by atoms with Crippen molar-refractivity contribution >= 4 is 17.5 Å². The fourth-order valence-electron chi connectivity index (χ4n) is 4.16. The number of amides is 2. The van der Waals surface area contributed by atoms with Gasteiger partial charge in [0.05, 0.1) is 13.2 Å². The molecular formula is C23H29FN4O3+2. The van der Waals surface area contributed by atoms with Crippen LogP contribution in [0.3, 0.4) is 0 Å². The van der Waals surface area contributed by atoms with Crippen LogP contribution in [0.5, 0.6) is 5.75 Å². The van der Waals surface area contributed by atoms with Gasteiger partial charge in [-0.25, -0.2) is 4.39 Å². The molecule has 31 heavy (non-hydrogen) atoms. The van der Waals surface area contributed by atoms with Gasteiger partial charge in [0, 0.05) is 17.7 Å². The molecule has 0 radical (unpaired) electrons. The predicted octanol–water partition coefficient (Wildman–Crippen LogP) is -1.20. The van der Waals surface area contributed by atoms with Gasteiger partial charge in [-0.05, 0) is 48.0 Å². The summed E-state index contributed by atoms with van der Waals surface area (Å²) in [6.07, 6.45) is 0.994. The number of benzene rings is 2. The molecule has 164 valence electrons. The molecule has 0 aromatic heterocycles. The SMILES string of the molecule is O=C(C[NH+]1CC[NH+](Cc2ccc3c(c2)CCO3)CC1)NCC(=O)Nc1ccc(F)cc1. The molecule has 4 N–H and O–H groups in total. The lowest BCUT2D eigenvalue weighted by Crippen LogP contribution is -3.28. The highest BCUT2D eigenvalue weighted by atomic mass is 19.1.